The fraction of sp³-hybridized carbons (Fsp3) is 0.238. The molecule has 1 heterocycles. The quantitative estimate of drug-likeness (QED) is 0.354. The SMILES string of the molecule is CC[C@@H](C)Oc1ccc(/C=C2/SC(=S)N(c3ccc(Cl)c(Cl)c3)C2=O)cc1OC. The molecule has 1 aliphatic rings. The third-order valence-corrected chi connectivity index (χ3v) is 6.38. The van der Waals surface area contributed by atoms with Crippen molar-refractivity contribution in [2.75, 3.05) is 12.0 Å². The van der Waals surface area contributed by atoms with Crippen LogP contribution in [0.25, 0.3) is 6.08 Å². The third kappa shape index (κ3) is 4.89. The second-order valence-electron chi connectivity index (χ2n) is 6.36. The Labute approximate surface area is 189 Å². The van der Waals surface area contributed by atoms with Crippen LogP contribution in [-0.4, -0.2) is 23.4 Å². The molecule has 1 saturated heterocycles. The van der Waals surface area contributed by atoms with Crippen LogP contribution in [0.2, 0.25) is 10.0 Å². The number of anilines is 1. The number of methoxy groups -OCH3 is 1. The summed E-state index contributed by atoms with van der Waals surface area (Å²) in [7, 11) is 1.59. The highest BCUT2D eigenvalue weighted by Gasteiger charge is 2.33. The summed E-state index contributed by atoms with van der Waals surface area (Å²) in [4.78, 5) is 14.9. The van der Waals surface area contributed by atoms with Gasteiger partial charge in [0, 0.05) is 0 Å². The minimum absolute atomic E-state index is 0.0807. The summed E-state index contributed by atoms with van der Waals surface area (Å²) in [6.45, 7) is 4.06. The second kappa shape index (κ2) is 9.39. The monoisotopic (exact) mass is 467 g/mol. The molecular weight excluding hydrogens is 449 g/mol. The zero-order chi connectivity index (χ0) is 21.1. The van der Waals surface area contributed by atoms with Gasteiger partial charge in [-0.2, -0.15) is 0 Å². The van der Waals surface area contributed by atoms with Crippen molar-refractivity contribution in [1.29, 1.82) is 0 Å². The molecule has 0 spiro atoms. The maximum atomic E-state index is 12.9. The summed E-state index contributed by atoms with van der Waals surface area (Å²) in [6.07, 6.45) is 2.76. The maximum Gasteiger partial charge on any atom is 0.270 e. The van der Waals surface area contributed by atoms with Crippen LogP contribution < -0.4 is 14.4 Å². The second-order valence-corrected chi connectivity index (χ2v) is 8.85. The zero-order valence-electron chi connectivity index (χ0n) is 16.1. The van der Waals surface area contributed by atoms with Gasteiger partial charge in [0.2, 0.25) is 0 Å². The number of thioether (sulfide) groups is 1. The van der Waals surface area contributed by atoms with Gasteiger partial charge in [-0.05, 0) is 55.3 Å². The number of thiocarbonyl (C=S) groups is 1. The summed E-state index contributed by atoms with van der Waals surface area (Å²) in [5.74, 6) is 1.07. The van der Waals surface area contributed by atoms with Crippen molar-refractivity contribution in [3.05, 3.63) is 56.9 Å². The van der Waals surface area contributed by atoms with Gasteiger partial charge < -0.3 is 9.47 Å². The number of carbonyl (C=O) groups excluding carboxylic acids is 1. The first-order chi connectivity index (χ1) is 13.8. The Morgan fingerprint density at radius 3 is 2.59 bits per heavy atom. The summed E-state index contributed by atoms with van der Waals surface area (Å²) < 4.78 is 11.8. The number of benzene rings is 2. The fourth-order valence-electron chi connectivity index (χ4n) is 2.64. The van der Waals surface area contributed by atoms with E-state index in [1.807, 2.05) is 25.1 Å². The number of ether oxygens (including phenoxy) is 2. The van der Waals surface area contributed by atoms with Gasteiger partial charge in [-0.15, -0.1) is 0 Å². The average molecular weight is 468 g/mol. The Morgan fingerprint density at radius 2 is 1.93 bits per heavy atom. The molecule has 4 nitrogen and oxygen atoms in total. The normalized spacial score (nSPS) is 16.4. The lowest BCUT2D eigenvalue weighted by atomic mass is 10.1. The number of hydrogen-bond donors (Lipinski definition) is 0. The molecule has 2 aromatic carbocycles. The van der Waals surface area contributed by atoms with E-state index < -0.39 is 0 Å². The Balaban J connectivity index is 1.88. The number of amides is 1. The topological polar surface area (TPSA) is 38.8 Å². The molecule has 0 unspecified atom stereocenters. The first-order valence-corrected chi connectivity index (χ1v) is 10.9. The Morgan fingerprint density at radius 1 is 1.17 bits per heavy atom. The van der Waals surface area contributed by atoms with Crippen LogP contribution in [0.15, 0.2) is 41.3 Å². The lowest BCUT2D eigenvalue weighted by Gasteiger charge is -2.16. The van der Waals surface area contributed by atoms with Crippen LogP contribution >= 0.6 is 47.2 Å². The predicted octanol–water partition coefficient (Wildman–Crippen LogP) is 6.59. The van der Waals surface area contributed by atoms with E-state index in [9.17, 15) is 4.79 Å². The van der Waals surface area contributed by atoms with Crippen LogP contribution in [0, 0.1) is 0 Å². The Bertz CT molecular complexity index is 994. The molecular formula is C21H19Cl2NO3S2. The molecule has 3 rings (SSSR count). The fourth-order valence-corrected chi connectivity index (χ4v) is 4.23. The van der Waals surface area contributed by atoms with Crippen molar-refractivity contribution >= 4 is 69.2 Å². The van der Waals surface area contributed by atoms with E-state index >= 15 is 0 Å². The van der Waals surface area contributed by atoms with E-state index in [2.05, 4.69) is 6.92 Å². The van der Waals surface area contributed by atoms with Crippen molar-refractivity contribution in [3.8, 4) is 11.5 Å². The van der Waals surface area contributed by atoms with E-state index in [1.54, 1.807) is 31.4 Å². The van der Waals surface area contributed by atoms with Crippen molar-refractivity contribution < 1.29 is 14.3 Å². The highest BCUT2D eigenvalue weighted by Crippen LogP contribution is 2.39. The molecule has 1 atom stereocenters. The number of halogens is 2. The van der Waals surface area contributed by atoms with Gasteiger partial charge in [-0.25, -0.2) is 0 Å². The molecule has 29 heavy (non-hydrogen) atoms. The minimum atomic E-state index is -0.211. The molecule has 2 aromatic rings. The number of rotatable bonds is 6. The van der Waals surface area contributed by atoms with Gasteiger partial charge in [-0.3, -0.25) is 9.69 Å². The van der Waals surface area contributed by atoms with Crippen LogP contribution in [-0.2, 0) is 4.79 Å². The van der Waals surface area contributed by atoms with E-state index in [4.69, 9.17) is 44.9 Å². The molecule has 8 heteroatoms. The molecule has 1 fully saturated rings. The van der Waals surface area contributed by atoms with E-state index in [-0.39, 0.29) is 12.0 Å². The third-order valence-electron chi connectivity index (χ3n) is 4.34. The number of nitrogens with zero attached hydrogens (tertiary/aromatic N) is 1. The lowest BCUT2D eigenvalue weighted by Crippen LogP contribution is -2.27. The van der Waals surface area contributed by atoms with Crippen molar-refractivity contribution in [2.24, 2.45) is 0 Å². The van der Waals surface area contributed by atoms with Gasteiger partial charge in [0.05, 0.1) is 33.9 Å². The molecule has 1 amide bonds. The van der Waals surface area contributed by atoms with E-state index in [0.717, 1.165) is 12.0 Å². The van der Waals surface area contributed by atoms with E-state index in [0.29, 0.717) is 36.5 Å². The highest BCUT2D eigenvalue weighted by atomic mass is 35.5. The average Bonchev–Trinajstić information content (AvgIpc) is 2.98. The largest absolute Gasteiger partial charge is 0.493 e. The van der Waals surface area contributed by atoms with Gasteiger partial charge >= 0.3 is 0 Å². The lowest BCUT2D eigenvalue weighted by molar-refractivity contribution is -0.113. The van der Waals surface area contributed by atoms with Gasteiger partial charge in [0.1, 0.15) is 0 Å². The Hall–Kier alpha value is -1.73. The molecule has 1 aliphatic heterocycles. The van der Waals surface area contributed by atoms with Gasteiger partial charge in [-0.1, -0.05) is 60.2 Å². The molecule has 152 valence electrons. The van der Waals surface area contributed by atoms with Crippen LogP contribution in [0.4, 0.5) is 5.69 Å². The van der Waals surface area contributed by atoms with Gasteiger partial charge in [0.15, 0.2) is 15.8 Å². The number of hydrogen-bond acceptors (Lipinski definition) is 5. The molecule has 0 saturated carbocycles. The number of carbonyl (C=O) groups is 1. The Kier molecular flexibility index (Phi) is 7.11. The maximum absolute atomic E-state index is 12.9. The van der Waals surface area contributed by atoms with Crippen molar-refractivity contribution in [3.63, 3.8) is 0 Å². The molecule has 0 aromatic heterocycles. The smallest absolute Gasteiger partial charge is 0.270 e. The summed E-state index contributed by atoms with van der Waals surface area (Å²) in [6, 6.07) is 10.5. The highest BCUT2D eigenvalue weighted by molar-refractivity contribution is 8.27. The van der Waals surface area contributed by atoms with Crippen molar-refractivity contribution in [2.45, 2.75) is 26.4 Å². The molecule has 0 N–H and O–H groups in total. The predicted molar refractivity (Wildman–Crippen MR) is 125 cm³/mol. The molecule has 0 radical (unpaired) electrons. The molecule has 0 aliphatic carbocycles. The van der Waals surface area contributed by atoms with Crippen LogP contribution in [0.1, 0.15) is 25.8 Å². The summed E-state index contributed by atoms with van der Waals surface area (Å²) >= 11 is 18.7. The van der Waals surface area contributed by atoms with Crippen molar-refractivity contribution in [1.82, 2.24) is 0 Å². The zero-order valence-corrected chi connectivity index (χ0v) is 19.2. The first-order valence-electron chi connectivity index (χ1n) is 8.91. The minimum Gasteiger partial charge on any atom is -0.493 e. The summed E-state index contributed by atoms with van der Waals surface area (Å²) in [5, 5.41) is 0.784. The van der Waals surface area contributed by atoms with Crippen LogP contribution in [0.5, 0.6) is 11.5 Å². The molecule has 0 bridgehead atoms. The van der Waals surface area contributed by atoms with Crippen LogP contribution in [0.3, 0.4) is 0 Å². The van der Waals surface area contributed by atoms with Gasteiger partial charge in [0.25, 0.3) is 5.91 Å². The van der Waals surface area contributed by atoms with E-state index in [1.165, 1.54) is 16.7 Å². The standard InChI is InChI=1S/C21H19Cl2NO3S2/c1-4-12(2)27-17-8-5-13(9-18(17)26-3)10-19-20(25)24(21(28)29-19)14-6-7-15(22)16(23)11-14/h5-12H,4H2,1-3H3/b19-10+/t12-/m1/s1. The summed E-state index contributed by atoms with van der Waals surface area (Å²) in [5.41, 5.74) is 1.40. The first kappa shape index (κ1) is 22.0.